The van der Waals surface area contributed by atoms with Crippen molar-refractivity contribution in [3.8, 4) is 57.5 Å². The van der Waals surface area contributed by atoms with Crippen molar-refractivity contribution in [1.29, 1.82) is 0 Å². The molecule has 6 N–H and O–H groups in total. The van der Waals surface area contributed by atoms with Crippen molar-refractivity contribution < 1.29 is 49.6 Å². The maximum Gasteiger partial charge on any atom is 0.164 e. The van der Waals surface area contributed by atoms with Crippen molar-refractivity contribution in [2.24, 2.45) is 0 Å². The fourth-order valence-electron chi connectivity index (χ4n) is 5.25. The number of methoxy groups -OCH3 is 3. The molecule has 0 spiro atoms. The van der Waals surface area contributed by atoms with Crippen LogP contribution in [0.1, 0.15) is 40.3 Å². The molecule has 4 aromatic carbocycles. The average molecular weight is 589 g/mol. The summed E-state index contributed by atoms with van der Waals surface area (Å²) in [6.07, 6.45) is 2.49. The number of fused-ring (bicyclic) bond motifs is 1. The third-order valence-electron chi connectivity index (χ3n) is 7.49. The van der Waals surface area contributed by atoms with E-state index in [9.17, 15) is 30.6 Å². The van der Waals surface area contributed by atoms with Crippen LogP contribution >= 0.6 is 0 Å². The van der Waals surface area contributed by atoms with Gasteiger partial charge in [-0.25, -0.2) is 0 Å². The average Bonchev–Trinajstić information content (AvgIpc) is 3.01. The summed E-state index contributed by atoms with van der Waals surface area (Å²) in [5.74, 6) is -0.0489. The molecule has 0 saturated carbocycles. The van der Waals surface area contributed by atoms with E-state index < -0.39 is 6.10 Å². The van der Waals surface area contributed by atoms with E-state index in [-0.39, 0.29) is 57.1 Å². The van der Waals surface area contributed by atoms with Crippen molar-refractivity contribution >= 4 is 5.57 Å². The Morgan fingerprint density at radius 3 is 2.14 bits per heavy atom. The standard InChI is InChI=1S/C33H32O10/c1-40-29-12-17(5-9-23(29)35)4-7-19(21-14-26(38)30(41-2)15-24(21)36)32-31(42-3)16-28-20(33(32)39)8-11-27(43-28)18-6-10-22(34)25(37)13-18/h5-7,9-10,12-16,27,34-39H,4,8,11H2,1-3H3/b19-7+. The molecule has 0 aromatic heterocycles. The number of hydrogen-bond acceptors (Lipinski definition) is 10. The second kappa shape index (κ2) is 11.8. The Labute approximate surface area is 247 Å². The number of benzene rings is 4. The van der Waals surface area contributed by atoms with Gasteiger partial charge in [0.1, 0.15) is 29.1 Å². The fraction of sp³-hybridized carbons (Fsp3) is 0.212. The first-order chi connectivity index (χ1) is 20.6. The molecular formula is C33H32O10. The summed E-state index contributed by atoms with van der Waals surface area (Å²) < 4.78 is 22.3. The van der Waals surface area contributed by atoms with Gasteiger partial charge in [0.2, 0.25) is 0 Å². The molecule has 0 saturated heterocycles. The number of hydrogen-bond donors (Lipinski definition) is 6. The minimum atomic E-state index is -0.448. The first-order valence-corrected chi connectivity index (χ1v) is 13.4. The van der Waals surface area contributed by atoms with Crippen LogP contribution in [0.2, 0.25) is 0 Å². The van der Waals surface area contributed by atoms with Gasteiger partial charge in [-0.05, 0) is 66.3 Å². The van der Waals surface area contributed by atoms with Crippen molar-refractivity contribution in [3.05, 3.63) is 88.5 Å². The lowest BCUT2D eigenvalue weighted by molar-refractivity contribution is 0.173. The second-order valence-electron chi connectivity index (χ2n) is 10.0. The maximum atomic E-state index is 11.7. The monoisotopic (exact) mass is 588 g/mol. The molecule has 0 radical (unpaired) electrons. The molecule has 224 valence electrons. The van der Waals surface area contributed by atoms with Crippen LogP contribution in [0.25, 0.3) is 5.57 Å². The molecule has 0 bridgehead atoms. The molecule has 10 heteroatoms. The van der Waals surface area contributed by atoms with Gasteiger partial charge in [-0.3, -0.25) is 0 Å². The van der Waals surface area contributed by atoms with Crippen molar-refractivity contribution in [3.63, 3.8) is 0 Å². The third kappa shape index (κ3) is 5.59. The normalized spacial score (nSPS) is 14.5. The number of ether oxygens (including phenoxy) is 4. The van der Waals surface area contributed by atoms with Gasteiger partial charge in [0.25, 0.3) is 0 Å². The topological polar surface area (TPSA) is 158 Å². The van der Waals surface area contributed by atoms with E-state index in [1.807, 2.05) is 0 Å². The van der Waals surface area contributed by atoms with Gasteiger partial charge in [-0.1, -0.05) is 18.2 Å². The van der Waals surface area contributed by atoms with Crippen LogP contribution in [0, 0.1) is 0 Å². The summed E-state index contributed by atoms with van der Waals surface area (Å²) in [6.45, 7) is 0. The van der Waals surface area contributed by atoms with Gasteiger partial charge in [-0.15, -0.1) is 0 Å². The summed E-state index contributed by atoms with van der Waals surface area (Å²) in [5, 5.41) is 63.0. The summed E-state index contributed by atoms with van der Waals surface area (Å²) >= 11 is 0. The predicted molar refractivity (Wildman–Crippen MR) is 158 cm³/mol. The Hall–Kier alpha value is -5.38. The largest absolute Gasteiger partial charge is 0.507 e. The van der Waals surface area contributed by atoms with Crippen LogP contribution in [-0.2, 0) is 12.8 Å². The quantitative estimate of drug-likeness (QED) is 0.112. The first-order valence-electron chi connectivity index (χ1n) is 13.4. The Balaban J connectivity index is 1.63. The number of aromatic hydroxyl groups is 6. The van der Waals surface area contributed by atoms with Crippen molar-refractivity contribution in [2.45, 2.75) is 25.4 Å². The molecule has 1 aliphatic rings. The lowest BCUT2D eigenvalue weighted by Gasteiger charge is -2.29. The summed E-state index contributed by atoms with van der Waals surface area (Å²) in [5.41, 5.74) is 2.80. The number of rotatable bonds is 8. The molecular weight excluding hydrogens is 556 g/mol. The van der Waals surface area contributed by atoms with Crippen LogP contribution in [0.15, 0.2) is 60.7 Å². The van der Waals surface area contributed by atoms with E-state index in [1.54, 1.807) is 30.3 Å². The molecule has 4 aromatic rings. The smallest absolute Gasteiger partial charge is 0.164 e. The van der Waals surface area contributed by atoms with Crippen LogP contribution in [-0.4, -0.2) is 52.0 Å². The van der Waals surface area contributed by atoms with E-state index in [2.05, 4.69) is 0 Å². The third-order valence-corrected chi connectivity index (χ3v) is 7.49. The van der Waals surface area contributed by atoms with Crippen LogP contribution in [0.4, 0.5) is 0 Å². The van der Waals surface area contributed by atoms with Gasteiger partial charge in [0, 0.05) is 23.3 Å². The molecule has 10 nitrogen and oxygen atoms in total. The zero-order chi connectivity index (χ0) is 30.8. The minimum Gasteiger partial charge on any atom is -0.507 e. The molecule has 0 aliphatic carbocycles. The van der Waals surface area contributed by atoms with Crippen molar-refractivity contribution in [1.82, 2.24) is 0 Å². The van der Waals surface area contributed by atoms with Gasteiger partial charge < -0.3 is 49.6 Å². The molecule has 0 fully saturated rings. The highest BCUT2D eigenvalue weighted by molar-refractivity contribution is 5.90. The zero-order valence-corrected chi connectivity index (χ0v) is 23.8. The van der Waals surface area contributed by atoms with Crippen LogP contribution in [0.5, 0.6) is 57.5 Å². The predicted octanol–water partition coefficient (Wildman–Crippen LogP) is 5.69. The SMILES string of the molecule is COc1cc(C/C=C(\c2cc(O)c(OC)cc2O)c2c(OC)cc3c(c2O)CCC(c2ccc(O)c(O)c2)O3)ccc1O. The van der Waals surface area contributed by atoms with Gasteiger partial charge in [-0.2, -0.15) is 0 Å². The molecule has 0 amide bonds. The zero-order valence-electron chi connectivity index (χ0n) is 23.8. The number of phenolic OH excluding ortho intramolecular Hbond substituents is 6. The van der Waals surface area contributed by atoms with E-state index in [0.29, 0.717) is 47.5 Å². The number of allylic oxidation sites excluding steroid dienone is 1. The molecule has 43 heavy (non-hydrogen) atoms. The highest BCUT2D eigenvalue weighted by atomic mass is 16.5. The lowest BCUT2D eigenvalue weighted by Crippen LogP contribution is -2.16. The van der Waals surface area contributed by atoms with E-state index in [4.69, 9.17) is 18.9 Å². The molecule has 1 atom stereocenters. The van der Waals surface area contributed by atoms with E-state index in [0.717, 1.165) is 5.56 Å². The maximum absolute atomic E-state index is 11.7. The summed E-state index contributed by atoms with van der Waals surface area (Å²) in [4.78, 5) is 0. The van der Waals surface area contributed by atoms with Gasteiger partial charge in [0.15, 0.2) is 34.5 Å². The lowest BCUT2D eigenvalue weighted by atomic mass is 9.88. The Morgan fingerprint density at radius 1 is 0.744 bits per heavy atom. The highest BCUT2D eigenvalue weighted by Gasteiger charge is 2.30. The Bertz CT molecular complexity index is 1710. The molecule has 5 rings (SSSR count). The summed E-state index contributed by atoms with van der Waals surface area (Å²) in [6, 6.07) is 13.7. The van der Waals surface area contributed by atoms with Gasteiger partial charge >= 0.3 is 0 Å². The van der Waals surface area contributed by atoms with E-state index >= 15 is 0 Å². The second-order valence-corrected chi connectivity index (χ2v) is 10.0. The first kappa shape index (κ1) is 29.1. The van der Waals surface area contributed by atoms with Gasteiger partial charge in [0.05, 0.1) is 26.9 Å². The van der Waals surface area contributed by atoms with Crippen LogP contribution < -0.4 is 18.9 Å². The van der Waals surface area contributed by atoms with Crippen LogP contribution in [0.3, 0.4) is 0 Å². The molecule has 1 heterocycles. The number of phenols is 6. The Morgan fingerprint density at radius 2 is 1.44 bits per heavy atom. The highest BCUT2D eigenvalue weighted by Crippen LogP contribution is 2.50. The molecule has 1 aliphatic heterocycles. The molecule has 1 unspecified atom stereocenters. The summed E-state index contributed by atoms with van der Waals surface area (Å²) in [7, 11) is 4.26. The van der Waals surface area contributed by atoms with Crippen molar-refractivity contribution in [2.75, 3.05) is 21.3 Å². The van der Waals surface area contributed by atoms with E-state index in [1.165, 1.54) is 51.7 Å². The Kier molecular flexibility index (Phi) is 8.03. The fourth-order valence-corrected chi connectivity index (χ4v) is 5.25. The minimum absolute atomic E-state index is 0.0111.